The number of rotatable bonds is 1. The minimum Gasteiger partial charge on any atom is -0.292 e. The van der Waals surface area contributed by atoms with Gasteiger partial charge in [-0.1, -0.05) is 0 Å². The van der Waals surface area contributed by atoms with Crippen LogP contribution in [0.5, 0.6) is 0 Å². The molecule has 86 valence electrons. The Labute approximate surface area is 96.8 Å². The van der Waals surface area contributed by atoms with Crippen molar-refractivity contribution in [3.05, 3.63) is 30.6 Å². The van der Waals surface area contributed by atoms with Crippen LogP contribution in [0.2, 0.25) is 0 Å². The monoisotopic (exact) mass is 230 g/mol. The fraction of sp³-hybridized carbons (Fsp3) is 0.182. The van der Waals surface area contributed by atoms with Crippen LogP contribution in [0, 0.1) is 0 Å². The number of nitrogens with zero attached hydrogens (tertiary/aromatic N) is 3. The van der Waals surface area contributed by atoms with E-state index in [9.17, 15) is 9.59 Å². The number of fused-ring (bicyclic) bond motifs is 1. The Kier molecular flexibility index (Phi) is 2.07. The van der Waals surface area contributed by atoms with Gasteiger partial charge >= 0.3 is 6.03 Å². The van der Waals surface area contributed by atoms with Crippen LogP contribution < -0.4 is 10.2 Å². The quantitative estimate of drug-likeness (QED) is 0.787. The van der Waals surface area contributed by atoms with Gasteiger partial charge in [0.15, 0.2) is 0 Å². The predicted octanol–water partition coefficient (Wildman–Crippen LogP) is 0.781. The van der Waals surface area contributed by atoms with E-state index in [-0.39, 0.29) is 11.9 Å². The van der Waals surface area contributed by atoms with E-state index >= 15 is 0 Å². The first kappa shape index (κ1) is 9.83. The lowest BCUT2D eigenvalue weighted by Gasteiger charge is -2.26. The van der Waals surface area contributed by atoms with E-state index in [1.165, 1.54) is 4.90 Å². The number of hydrogen-bond donors (Lipinski definition) is 1. The standard InChI is InChI=1S/C11H10N4O2/c16-10-4-6-14(11(17)13-10)9-2-1-8-3-5-12-15(8)7-9/h1-3,5,7H,4,6H2,(H,13,16,17). The normalized spacial score (nSPS) is 16.4. The molecule has 1 aliphatic rings. The molecule has 1 aliphatic heterocycles. The molecule has 1 fully saturated rings. The predicted molar refractivity (Wildman–Crippen MR) is 60.7 cm³/mol. The highest BCUT2D eigenvalue weighted by molar-refractivity contribution is 6.05. The van der Waals surface area contributed by atoms with Crippen LogP contribution in [0.1, 0.15) is 6.42 Å². The third-order valence-electron chi connectivity index (χ3n) is 2.75. The fourth-order valence-corrected chi connectivity index (χ4v) is 1.87. The molecule has 1 N–H and O–H groups in total. The molecule has 3 rings (SSSR count). The van der Waals surface area contributed by atoms with Crippen molar-refractivity contribution >= 4 is 23.1 Å². The molecular weight excluding hydrogens is 220 g/mol. The Morgan fingerprint density at radius 3 is 2.94 bits per heavy atom. The lowest BCUT2D eigenvalue weighted by Crippen LogP contribution is -2.49. The number of anilines is 1. The number of nitrogens with one attached hydrogen (secondary N) is 1. The maximum Gasteiger partial charge on any atom is 0.328 e. The molecule has 17 heavy (non-hydrogen) atoms. The zero-order chi connectivity index (χ0) is 11.8. The van der Waals surface area contributed by atoms with E-state index in [0.29, 0.717) is 13.0 Å². The summed E-state index contributed by atoms with van der Waals surface area (Å²) in [6.07, 6.45) is 3.78. The molecule has 0 saturated carbocycles. The van der Waals surface area contributed by atoms with E-state index in [4.69, 9.17) is 0 Å². The maximum atomic E-state index is 11.6. The van der Waals surface area contributed by atoms with Crippen molar-refractivity contribution in [2.45, 2.75) is 6.42 Å². The van der Waals surface area contributed by atoms with Crippen LogP contribution in [-0.2, 0) is 4.79 Å². The minimum atomic E-state index is -0.382. The van der Waals surface area contributed by atoms with E-state index in [0.717, 1.165) is 11.2 Å². The van der Waals surface area contributed by atoms with Crippen molar-refractivity contribution in [3.63, 3.8) is 0 Å². The van der Waals surface area contributed by atoms with Gasteiger partial charge in [0.1, 0.15) is 0 Å². The third kappa shape index (κ3) is 1.63. The molecule has 0 spiro atoms. The molecule has 6 heteroatoms. The van der Waals surface area contributed by atoms with Gasteiger partial charge in [0.2, 0.25) is 5.91 Å². The molecule has 0 unspecified atom stereocenters. The van der Waals surface area contributed by atoms with E-state index in [2.05, 4.69) is 10.4 Å². The molecule has 0 bridgehead atoms. The summed E-state index contributed by atoms with van der Waals surface area (Å²) in [5.74, 6) is -0.230. The summed E-state index contributed by atoms with van der Waals surface area (Å²) in [4.78, 5) is 24.2. The summed E-state index contributed by atoms with van der Waals surface area (Å²) in [5.41, 5.74) is 1.69. The van der Waals surface area contributed by atoms with E-state index < -0.39 is 0 Å². The highest BCUT2D eigenvalue weighted by Gasteiger charge is 2.24. The highest BCUT2D eigenvalue weighted by atomic mass is 16.2. The second kappa shape index (κ2) is 3.58. The van der Waals surface area contributed by atoms with Gasteiger partial charge in [-0.15, -0.1) is 0 Å². The van der Waals surface area contributed by atoms with Crippen molar-refractivity contribution < 1.29 is 9.59 Å². The first-order valence-corrected chi connectivity index (χ1v) is 5.29. The molecule has 0 aromatic carbocycles. The van der Waals surface area contributed by atoms with Crippen molar-refractivity contribution in [1.82, 2.24) is 14.9 Å². The number of amides is 3. The highest BCUT2D eigenvalue weighted by Crippen LogP contribution is 2.17. The number of hydrogen-bond acceptors (Lipinski definition) is 3. The van der Waals surface area contributed by atoms with Crippen LogP contribution in [0.15, 0.2) is 30.6 Å². The first-order valence-electron chi connectivity index (χ1n) is 5.29. The van der Waals surface area contributed by atoms with Crippen molar-refractivity contribution in [3.8, 4) is 0 Å². The summed E-state index contributed by atoms with van der Waals surface area (Å²) >= 11 is 0. The Bertz CT molecular complexity index is 604. The number of pyridine rings is 1. The zero-order valence-corrected chi connectivity index (χ0v) is 8.96. The molecule has 3 amide bonds. The van der Waals surface area contributed by atoms with E-state index in [1.807, 2.05) is 18.2 Å². The second-order valence-electron chi connectivity index (χ2n) is 3.84. The van der Waals surface area contributed by atoms with Crippen LogP contribution in [0.3, 0.4) is 0 Å². The van der Waals surface area contributed by atoms with Crippen molar-refractivity contribution in [2.24, 2.45) is 0 Å². The summed E-state index contributed by atoms with van der Waals surface area (Å²) in [7, 11) is 0. The zero-order valence-electron chi connectivity index (χ0n) is 8.96. The molecule has 0 aliphatic carbocycles. The molecule has 1 saturated heterocycles. The number of imide groups is 1. The molecule has 0 atom stereocenters. The van der Waals surface area contributed by atoms with Crippen molar-refractivity contribution in [2.75, 3.05) is 11.4 Å². The molecule has 6 nitrogen and oxygen atoms in total. The number of carbonyl (C=O) groups is 2. The number of aromatic nitrogens is 2. The Balaban J connectivity index is 1.97. The van der Waals surface area contributed by atoms with Crippen molar-refractivity contribution in [1.29, 1.82) is 0 Å². The van der Waals surface area contributed by atoms with E-state index in [1.54, 1.807) is 16.9 Å². The van der Waals surface area contributed by atoms with Gasteiger partial charge in [-0.3, -0.25) is 15.0 Å². The lowest BCUT2D eigenvalue weighted by atomic mass is 10.2. The first-order chi connectivity index (χ1) is 8.24. The van der Waals surface area contributed by atoms with Gasteiger partial charge in [0, 0.05) is 19.2 Å². The SMILES string of the molecule is O=C1CCN(c2ccc3ccnn3c2)C(=O)N1. The maximum absolute atomic E-state index is 11.6. The molecule has 2 aromatic rings. The molecule has 3 heterocycles. The Morgan fingerprint density at radius 2 is 2.12 bits per heavy atom. The van der Waals surface area contributed by atoms with Gasteiger partial charge in [-0.2, -0.15) is 5.10 Å². The molecule has 0 radical (unpaired) electrons. The average Bonchev–Trinajstić information content (AvgIpc) is 2.75. The lowest BCUT2D eigenvalue weighted by molar-refractivity contribution is -0.120. The Morgan fingerprint density at radius 1 is 1.24 bits per heavy atom. The number of urea groups is 1. The van der Waals surface area contributed by atoms with Gasteiger partial charge in [0.05, 0.1) is 17.4 Å². The largest absolute Gasteiger partial charge is 0.328 e. The third-order valence-corrected chi connectivity index (χ3v) is 2.75. The van der Waals surface area contributed by atoms with Gasteiger partial charge in [-0.05, 0) is 18.2 Å². The van der Waals surface area contributed by atoms with Crippen LogP contribution >= 0.6 is 0 Å². The molecular formula is C11H10N4O2. The second-order valence-corrected chi connectivity index (χ2v) is 3.84. The minimum absolute atomic E-state index is 0.230. The Hall–Kier alpha value is -2.37. The fourth-order valence-electron chi connectivity index (χ4n) is 1.87. The van der Waals surface area contributed by atoms with Gasteiger partial charge < -0.3 is 0 Å². The summed E-state index contributed by atoms with van der Waals surface area (Å²) in [6.45, 7) is 0.400. The van der Waals surface area contributed by atoms with Crippen LogP contribution in [0.4, 0.5) is 10.5 Å². The number of carbonyl (C=O) groups excluding carboxylic acids is 2. The van der Waals surface area contributed by atoms with Crippen LogP contribution in [-0.4, -0.2) is 28.1 Å². The summed E-state index contributed by atoms with van der Waals surface area (Å²) in [6, 6.07) is 5.22. The van der Waals surface area contributed by atoms with Gasteiger partial charge in [-0.25, -0.2) is 9.31 Å². The van der Waals surface area contributed by atoms with Crippen LogP contribution in [0.25, 0.3) is 5.52 Å². The summed E-state index contributed by atoms with van der Waals surface area (Å²) < 4.78 is 1.69. The smallest absolute Gasteiger partial charge is 0.292 e. The topological polar surface area (TPSA) is 66.7 Å². The average molecular weight is 230 g/mol. The summed E-state index contributed by atoms with van der Waals surface area (Å²) in [5, 5.41) is 6.39. The molecule has 2 aromatic heterocycles. The van der Waals surface area contributed by atoms with Gasteiger partial charge in [0.25, 0.3) is 0 Å².